The van der Waals surface area contributed by atoms with Crippen molar-refractivity contribution in [3.8, 4) is 29.0 Å². The summed E-state index contributed by atoms with van der Waals surface area (Å²) in [4.78, 5) is 8.62. The summed E-state index contributed by atoms with van der Waals surface area (Å²) >= 11 is 1.35. The van der Waals surface area contributed by atoms with Crippen molar-refractivity contribution >= 4 is 17.6 Å². The third kappa shape index (κ3) is 4.52. The van der Waals surface area contributed by atoms with Crippen molar-refractivity contribution in [2.24, 2.45) is 0 Å². The lowest BCUT2D eigenvalue weighted by Crippen LogP contribution is -2.25. The standard InChI is InChI=1S/C24H21N5O2S/c25-12-18-22(15-7-9-17(10-8-15)31-21-6-3-5-20(21)30)19(13-26)24(29-23(18)27)32-14-16-4-1-2-11-28-16/h1-2,4,7-11,20-21,30H,3,5-6,14H2,(H2,27,29)/t20-,21-/m0/s1. The second kappa shape index (κ2) is 9.69. The highest BCUT2D eigenvalue weighted by Gasteiger charge is 2.27. The lowest BCUT2D eigenvalue weighted by molar-refractivity contribution is 0.0604. The van der Waals surface area contributed by atoms with Crippen LogP contribution in [0.2, 0.25) is 0 Å². The monoisotopic (exact) mass is 443 g/mol. The molecule has 32 heavy (non-hydrogen) atoms. The Kier molecular flexibility index (Phi) is 6.55. The van der Waals surface area contributed by atoms with Gasteiger partial charge in [0.05, 0.1) is 17.4 Å². The van der Waals surface area contributed by atoms with Gasteiger partial charge in [0.1, 0.15) is 40.4 Å². The van der Waals surface area contributed by atoms with Crippen molar-refractivity contribution in [2.75, 3.05) is 5.73 Å². The van der Waals surface area contributed by atoms with Crippen molar-refractivity contribution in [1.82, 2.24) is 9.97 Å². The SMILES string of the molecule is N#Cc1c(N)nc(SCc2ccccn2)c(C#N)c1-c1ccc(O[C@H]2CCC[C@@H]2O)cc1. The summed E-state index contributed by atoms with van der Waals surface area (Å²) in [6.45, 7) is 0. The first-order valence-electron chi connectivity index (χ1n) is 10.2. The summed E-state index contributed by atoms with van der Waals surface area (Å²) in [5, 5.41) is 30.1. The van der Waals surface area contributed by atoms with Gasteiger partial charge in [-0.25, -0.2) is 4.98 Å². The van der Waals surface area contributed by atoms with Gasteiger partial charge in [0.25, 0.3) is 0 Å². The third-order valence-corrected chi connectivity index (χ3v) is 6.36. The van der Waals surface area contributed by atoms with Crippen molar-refractivity contribution in [3.05, 3.63) is 65.5 Å². The van der Waals surface area contributed by atoms with E-state index in [1.54, 1.807) is 30.5 Å². The van der Waals surface area contributed by atoms with Gasteiger partial charge < -0.3 is 15.6 Å². The predicted molar refractivity (Wildman–Crippen MR) is 122 cm³/mol. The number of pyridine rings is 2. The van der Waals surface area contributed by atoms with E-state index < -0.39 is 6.10 Å². The lowest BCUT2D eigenvalue weighted by atomic mass is 9.97. The molecule has 2 atom stereocenters. The number of aliphatic hydroxyl groups is 1. The molecular formula is C24H21N5O2S. The largest absolute Gasteiger partial charge is 0.488 e. The Bertz CT molecular complexity index is 1190. The highest BCUT2D eigenvalue weighted by atomic mass is 32.2. The first kappa shape index (κ1) is 21.6. The van der Waals surface area contributed by atoms with Gasteiger partial charge >= 0.3 is 0 Å². The van der Waals surface area contributed by atoms with E-state index in [4.69, 9.17) is 10.5 Å². The number of anilines is 1. The van der Waals surface area contributed by atoms with Crippen LogP contribution in [0.3, 0.4) is 0 Å². The second-order valence-corrected chi connectivity index (χ2v) is 8.40. The lowest BCUT2D eigenvalue weighted by Gasteiger charge is -2.18. The number of hydrogen-bond acceptors (Lipinski definition) is 8. The summed E-state index contributed by atoms with van der Waals surface area (Å²) in [5.41, 5.74) is 8.54. The van der Waals surface area contributed by atoms with Gasteiger partial charge in [-0.1, -0.05) is 30.0 Å². The maximum absolute atomic E-state index is 9.99. The van der Waals surface area contributed by atoms with E-state index in [-0.39, 0.29) is 17.5 Å². The molecule has 0 spiro atoms. The van der Waals surface area contributed by atoms with Crippen molar-refractivity contribution in [3.63, 3.8) is 0 Å². The number of nitrogen functional groups attached to an aromatic ring is 1. The summed E-state index contributed by atoms with van der Waals surface area (Å²) in [6.07, 6.45) is 3.55. The molecule has 2 heterocycles. The number of nitrogens with two attached hydrogens (primary N) is 1. The quantitative estimate of drug-likeness (QED) is 0.546. The van der Waals surface area contributed by atoms with E-state index in [0.29, 0.717) is 33.2 Å². The number of benzene rings is 1. The number of aromatic nitrogens is 2. The van der Waals surface area contributed by atoms with Crippen LogP contribution < -0.4 is 10.5 Å². The van der Waals surface area contributed by atoms with Crippen LogP contribution >= 0.6 is 11.8 Å². The minimum atomic E-state index is -0.455. The Morgan fingerprint density at radius 3 is 2.50 bits per heavy atom. The van der Waals surface area contributed by atoms with E-state index in [1.165, 1.54) is 11.8 Å². The van der Waals surface area contributed by atoms with Crippen molar-refractivity contribution in [2.45, 2.75) is 42.2 Å². The maximum atomic E-state index is 9.99. The number of rotatable bonds is 6. The van der Waals surface area contributed by atoms with Crippen molar-refractivity contribution < 1.29 is 9.84 Å². The molecule has 1 saturated carbocycles. The van der Waals surface area contributed by atoms with Crippen LogP contribution in [0.5, 0.6) is 5.75 Å². The minimum absolute atomic E-state index is 0.0828. The Morgan fingerprint density at radius 2 is 1.88 bits per heavy atom. The van der Waals surface area contributed by atoms with Gasteiger partial charge in [0.2, 0.25) is 0 Å². The van der Waals surface area contributed by atoms with Crippen LogP contribution in [-0.4, -0.2) is 27.3 Å². The van der Waals surface area contributed by atoms with E-state index in [9.17, 15) is 15.6 Å². The van der Waals surface area contributed by atoms with Crippen LogP contribution in [-0.2, 0) is 5.75 Å². The molecule has 7 nitrogen and oxygen atoms in total. The first-order chi connectivity index (χ1) is 15.6. The number of hydrogen-bond donors (Lipinski definition) is 2. The molecule has 4 rings (SSSR count). The van der Waals surface area contributed by atoms with E-state index in [1.807, 2.05) is 18.2 Å². The summed E-state index contributed by atoms with van der Waals surface area (Å²) < 4.78 is 5.90. The Hall–Kier alpha value is -3.59. The Balaban J connectivity index is 1.67. The fourth-order valence-electron chi connectivity index (χ4n) is 3.74. The van der Waals surface area contributed by atoms with Gasteiger partial charge in [0.15, 0.2) is 0 Å². The predicted octanol–water partition coefficient (Wildman–Crippen LogP) is 4.05. The molecule has 1 fully saturated rings. The number of nitriles is 2. The third-order valence-electron chi connectivity index (χ3n) is 5.35. The van der Waals surface area contributed by atoms with Gasteiger partial charge in [0, 0.05) is 17.5 Å². The Morgan fingerprint density at radius 1 is 1.09 bits per heavy atom. The zero-order chi connectivity index (χ0) is 22.5. The molecule has 1 aliphatic carbocycles. The number of thioether (sulfide) groups is 1. The summed E-state index contributed by atoms with van der Waals surface area (Å²) in [5.74, 6) is 1.23. The van der Waals surface area contributed by atoms with Gasteiger partial charge in [-0.3, -0.25) is 4.98 Å². The van der Waals surface area contributed by atoms with Crippen LogP contribution in [0.1, 0.15) is 36.1 Å². The fraction of sp³-hybridized carbons (Fsp3) is 0.250. The number of ether oxygens (including phenoxy) is 1. The van der Waals surface area contributed by atoms with Gasteiger partial charge in [-0.2, -0.15) is 10.5 Å². The maximum Gasteiger partial charge on any atom is 0.143 e. The van der Waals surface area contributed by atoms with Crippen LogP contribution in [0.25, 0.3) is 11.1 Å². The molecule has 3 aromatic rings. The second-order valence-electron chi connectivity index (χ2n) is 7.44. The van der Waals surface area contributed by atoms with Gasteiger partial charge in [-0.15, -0.1) is 0 Å². The summed E-state index contributed by atoms with van der Waals surface area (Å²) in [7, 11) is 0. The Labute approximate surface area is 190 Å². The summed E-state index contributed by atoms with van der Waals surface area (Å²) in [6, 6.07) is 17.1. The highest BCUT2D eigenvalue weighted by Crippen LogP contribution is 2.37. The van der Waals surface area contributed by atoms with Gasteiger partial charge in [-0.05, 0) is 49.1 Å². The molecule has 0 amide bonds. The van der Waals surface area contributed by atoms with Crippen LogP contribution in [0.4, 0.5) is 5.82 Å². The molecule has 1 aromatic carbocycles. The topological polar surface area (TPSA) is 129 Å². The zero-order valence-corrected chi connectivity index (χ0v) is 18.0. The smallest absolute Gasteiger partial charge is 0.143 e. The first-order valence-corrected chi connectivity index (χ1v) is 11.2. The van der Waals surface area contributed by atoms with E-state index in [2.05, 4.69) is 22.1 Å². The van der Waals surface area contributed by atoms with Crippen LogP contribution in [0.15, 0.2) is 53.7 Å². The molecule has 8 heteroatoms. The molecule has 0 unspecified atom stereocenters. The average Bonchev–Trinajstić information content (AvgIpc) is 3.22. The molecule has 3 N–H and O–H groups in total. The number of aliphatic hydroxyl groups excluding tert-OH is 1. The molecular weight excluding hydrogens is 422 g/mol. The number of nitrogens with zero attached hydrogens (tertiary/aromatic N) is 4. The molecule has 1 aliphatic rings. The minimum Gasteiger partial charge on any atom is -0.488 e. The molecule has 2 aromatic heterocycles. The molecule has 0 aliphatic heterocycles. The van der Waals surface area contributed by atoms with Crippen LogP contribution in [0, 0.1) is 22.7 Å². The normalized spacial score (nSPS) is 17.5. The average molecular weight is 444 g/mol. The van der Waals surface area contributed by atoms with Crippen molar-refractivity contribution in [1.29, 1.82) is 10.5 Å². The zero-order valence-electron chi connectivity index (χ0n) is 17.2. The molecule has 0 saturated heterocycles. The molecule has 0 radical (unpaired) electrons. The van der Waals surface area contributed by atoms with E-state index >= 15 is 0 Å². The van der Waals surface area contributed by atoms with E-state index in [0.717, 1.165) is 25.0 Å². The molecule has 160 valence electrons. The molecule has 0 bridgehead atoms. The highest BCUT2D eigenvalue weighted by molar-refractivity contribution is 7.98. The fourth-order valence-corrected chi connectivity index (χ4v) is 4.65.